The number of anilines is 1. The Morgan fingerprint density at radius 3 is 2.75 bits per heavy atom. The third kappa shape index (κ3) is 1.99. The molecule has 6 heteroatoms. The molecule has 24 heavy (non-hydrogen) atoms. The van der Waals surface area contributed by atoms with Gasteiger partial charge in [-0.2, -0.15) is 5.10 Å². The fourth-order valence-corrected chi connectivity index (χ4v) is 3.29. The Hall–Kier alpha value is -2.89. The van der Waals surface area contributed by atoms with Crippen molar-refractivity contribution in [3.63, 3.8) is 0 Å². The van der Waals surface area contributed by atoms with Crippen LogP contribution in [0.4, 0.5) is 10.1 Å². The van der Waals surface area contributed by atoms with Gasteiger partial charge in [0.25, 0.3) is 0 Å². The van der Waals surface area contributed by atoms with Crippen molar-refractivity contribution in [3.05, 3.63) is 48.9 Å². The van der Waals surface area contributed by atoms with Crippen molar-refractivity contribution in [3.8, 4) is 11.1 Å². The van der Waals surface area contributed by atoms with Crippen LogP contribution in [0, 0.1) is 0 Å². The molecule has 0 unspecified atom stereocenters. The predicted molar refractivity (Wildman–Crippen MR) is 92.0 cm³/mol. The Kier molecular flexibility index (Phi) is 2.71. The van der Waals surface area contributed by atoms with Gasteiger partial charge in [-0.25, -0.2) is 9.37 Å². The summed E-state index contributed by atoms with van der Waals surface area (Å²) in [6.07, 6.45) is 5.15. The van der Waals surface area contributed by atoms with Crippen LogP contribution in [-0.2, 0) is 7.05 Å². The van der Waals surface area contributed by atoms with Gasteiger partial charge in [-0.3, -0.25) is 9.08 Å². The van der Waals surface area contributed by atoms with Crippen LogP contribution in [0.3, 0.4) is 0 Å². The molecule has 5 rings (SSSR count). The van der Waals surface area contributed by atoms with Crippen molar-refractivity contribution in [2.75, 3.05) is 18.0 Å². The Bertz CT molecular complexity index is 1060. The molecule has 120 valence electrons. The highest BCUT2D eigenvalue weighted by Crippen LogP contribution is 2.28. The average molecular weight is 321 g/mol. The Morgan fingerprint density at radius 1 is 1.12 bits per heavy atom. The first kappa shape index (κ1) is 13.5. The summed E-state index contributed by atoms with van der Waals surface area (Å²) in [5.74, 6) is 0. The molecule has 1 aromatic carbocycles. The fraction of sp³-hybridized carbons (Fsp3) is 0.222. The maximum atomic E-state index is 13.1. The summed E-state index contributed by atoms with van der Waals surface area (Å²) in [6, 6.07) is 10.3. The van der Waals surface area contributed by atoms with E-state index in [2.05, 4.69) is 27.7 Å². The molecule has 0 N–H and O–H groups in total. The fourth-order valence-electron chi connectivity index (χ4n) is 3.29. The number of rotatable bonds is 2. The lowest BCUT2D eigenvalue weighted by molar-refractivity contribution is 0.275. The normalized spacial score (nSPS) is 15.3. The molecule has 0 amide bonds. The standard InChI is InChI=1S/C18H16FN5/c1-22-9-13(8-20-22)12-2-3-17-16(6-12)21-18-7-15(4-5-24(17)18)23-10-14(19)11-23/h2-9,14H,10-11H2,1H3. The van der Waals surface area contributed by atoms with Crippen molar-refractivity contribution in [2.24, 2.45) is 7.05 Å². The Labute approximate surface area is 137 Å². The van der Waals surface area contributed by atoms with E-state index in [0.29, 0.717) is 13.1 Å². The lowest BCUT2D eigenvalue weighted by Crippen LogP contribution is -2.48. The number of hydrogen-bond acceptors (Lipinski definition) is 3. The summed E-state index contributed by atoms with van der Waals surface area (Å²) in [6.45, 7) is 0.948. The number of hydrogen-bond donors (Lipinski definition) is 0. The van der Waals surface area contributed by atoms with E-state index in [-0.39, 0.29) is 0 Å². The quantitative estimate of drug-likeness (QED) is 0.569. The topological polar surface area (TPSA) is 38.4 Å². The molecule has 5 nitrogen and oxygen atoms in total. The first-order valence-corrected chi connectivity index (χ1v) is 7.97. The van der Waals surface area contributed by atoms with Gasteiger partial charge in [0.1, 0.15) is 11.8 Å². The van der Waals surface area contributed by atoms with Gasteiger partial charge in [0.2, 0.25) is 0 Å². The van der Waals surface area contributed by atoms with Crippen LogP contribution in [-0.4, -0.2) is 38.4 Å². The van der Waals surface area contributed by atoms with Gasteiger partial charge >= 0.3 is 0 Å². The molecule has 4 aromatic rings. The van der Waals surface area contributed by atoms with E-state index in [0.717, 1.165) is 33.5 Å². The maximum absolute atomic E-state index is 13.1. The van der Waals surface area contributed by atoms with Crippen LogP contribution in [0.15, 0.2) is 48.9 Å². The minimum atomic E-state index is -0.706. The molecule has 0 saturated carbocycles. The third-order valence-corrected chi connectivity index (χ3v) is 4.63. The monoisotopic (exact) mass is 321 g/mol. The molecule has 0 bridgehead atoms. The highest BCUT2D eigenvalue weighted by Gasteiger charge is 2.26. The second-order valence-electron chi connectivity index (χ2n) is 6.33. The number of halogens is 1. The van der Waals surface area contributed by atoms with E-state index in [1.165, 1.54) is 0 Å². The minimum absolute atomic E-state index is 0.474. The second-order valence-corrected chi connectivity index (χ2v) is 6.33. The third-order valence-electron chi connectivity index (χ3n) is 4.63. The van der Waals surface area contributed by atoms with Crippen LogP contribution in [0.5, 0.6) is 0 Å². The summed E-state index contributed by atoms with van der Waals surface area (Å²) in [4.78, 5) is 6.78. The zero-order valence-corrected chi connectivity index (χ0v) is 13.2. The van der Waals surface area contributed by atoms with E-state index in [4.69, 9.17) is 4.98 Å². The van der Waals surface area contributed by atoms with E-state index in [1.807, 2.05) is 42.7 Å². The van der Waals surface area contributed by atoms with Gasteiger partial charge in [-0.15, -0.1) is 0 Å². The first-order valence-electron chi connectivity index (χ1n) is 7.97. The van der Waals surface area contributed by atoms with Crippen LogP contribution in [0.1, 0.15) is 0 Å². The molecule has 1 saturated heterocycles. The molecular formula is C18H16FN5. The van der Waals surface area contributed by atoms with Crippen LogP contribution in [0.25, 0.3) is 27.8 Å². The van der Waals surface area contributed by atoms with Gasteiger partial charge in [0.05, 0.1) is 30.3 Å². The number of imidazole rings is 1. The van der Waals surface area contributed by atoms with Crippen LogP contribution in [0.2, 0.25) is 0 Å². The molecule has 1 aliphatic heterocycles. The molecule has 0 atom stereocenters. The molecule has 0 radical (unpaired) electrons. The predicted octanol–water partition coefficient (Wildman–Crippen LogP) is 3.05. The van der Waals surface area contributed by atoms with Gasteiger partial charge in [0.15, 0.2) is 0 Å². The zero-order valence-electron chi connectivity index (χ0n) is 13.2. The second kappa shape index (κ2) is 4.80. The maximum Gasteiger partial charge on any atom is 0.139 e. The van der Waals surface area contributed by atoms with Crippen molar-refractivity contribution >= 4 is 22.4 Å². The van der Waals surface area contributed by atoms with Crippen LogP contribution >= 0.6 is 0 Å². The van der Waals surface area contributed by atoms with Crippen molar-refractivity contribution in [1.82, 2.24) is 19.2 Å². The van der Waals surface area contributed by atoms with Crippen molar-refractivity contribution < 1.29 is 4.39 Å². The van der Waals surface area contributed by atoms with Crippen molar-refractivity contribution in [2.45, 2.75) is 6.17 Å². The van der Waals surface area contributed by atoms with Crippen LogP contribution < -0.4 is 4.90 Å². The molecule has 1 fully saturated rings. The van der Waals surface area contributed by atoms with Gasteiger partial charge < -0.3 is 4.90 Å². The number of nitrogens with zero attached hydrogens (tertiary/aromatic N) is 5. The Balaban J connectivity index is 1.61. The lowest BCUT2D eigenvalue weighted by Gasteiger charge is -2.36. The molecule has 0 spiro atoms. The van der Waals surface area contributed by atoms with E-state index >= 15 is 0 Å². The molecule has 0 aliphatic carbocycles. The number of fused-ring (bicyclic) bond motifs is 3. The summed E-state index contributed by atoms with van der Waals surface area (Å²) in [7, 11) is 1.91. The van der Waals surface area contributed by atoms with Gasteiger partial charge in [-0.1, -0.05) is 6.07 Å². The Morgan fingerprint density at radius 2 is 2.00 bits per heavy atom. The number of pyridine rings is 1. The zero-order chi connectivity index (χ0) is 16.3. The molecule has 1 aliphatic rings. The smallest absolute Gasteiger partial charge is 0.139 e. The summed E-state index contributed by atoms with van der Waals surface area (Å²) < 4.78 is 16.9. The van der Waals surface area contributed by atoms with Crippen molar-refractivity contribution in [1.29, 1.82) is 0 Å². The number of alkyl halides is 1. The largest absolute Gasteiger partial charge is 0.365 e. The van der Waals surface area contributed by atoms with E-state index < -0.39 is 6.17 Å². The summed E-state index contributed by atoms with van der Waals surface area (Å²) in [5, 5.41) is 4.22. The van der Waals surface area contributed by atoms with E-state index in [1.54, 1.807) is 4.68 Å². The number of benzene rings is 1. The average Bonchev–Trinajstić information content (AvgIpc) is 3.13. The molecular weight excluding hydrogens is 305 g/mol. The summed E-state index contributed by atoms with van der Waals surface area (Å²) in [5.41, 5.74) is 6.10. The first-order chi connectivity index (χ1) is 11.7. The summed E-state index contributed by atoms with van der Waals surface area (Å²) >= 11 is 0. The highest BCUT2D eigenvalue weighted by atomic mass is 19.1. The lowest BCUT2D eigenvalue weighted by atomic mass is 10.1. The molecule has 3 aromatic heterocycles. The van der Waals surface area contributed by atoms with Gasteiger partial charge in [-0.05, 0) is 23.8 Å². The van der Waals surface area contributed by atoms with Gasteiger partial charge in [0, 0.05) is 36.8 Å². The number of aryl methyl sites for hydroxylation is 1. The SMILES string of the molecule is Cn1cc(-c2ccc3c(c2)nc2cc(N4CC(F)C4)ccn23)cn1. The van der Waals surface area contributed by atoms with E-state index in [9.17, 15) is 4.39 Å². The highest BCUT2D eigenvalue weighted by molar-refractivity contribution is 5.86. The number of aromatic nitrogens is 4. The minimum Gasteiger partial charge on any atom is -0.365 e. The molecule has 4 heterocycles.